The van der Waals surface area contributed by atoms with Gasteiger partial charge in [0, 0.05) is 31.1 Å². The number of halogens is 2. The van der Waals surface area contributed by atoms with Gasteiger partial charge in [0.2, 0.25) is 0 Å². The van der Waals surface area contributed by atoms with Crippen molar-refractivity contribution >= 4 is 56.5 Å². The summed E-state index contributed by atoms with van der Waals surface area (Å²) < 4.78 is 0. The average molecular weight is 477 g/mol. The first kappa shape index (κ1) is 20.9. The van der Waals surface area contributed by atoms with Crippen LogP contribution in [-0.4, -0.2) is 52.1 Å². The highest BCUT2D eigenvalue weighted by Gasteiger charge is 2.32. The molecular formula is C22H22Cl2N4O2S. The third kappa shape index (κ3) is 3.89. The van der Waals surface area contributed by atoms with Gasteiger partial charge < -0.3 is 10.0 Å². The number of fused-ring (bicyclic) bond motifs is 3. The highest BCUT2D eigenvalue weighted by molar-refractivity contribution is 7.19. The smallest absolute Gasteiger partial charge is 0.325 e. The summed E-state index contributed by atoms with van der Waals surface area (Å²) in [6.07, 6.45) is 6.33. The molecule has 0 spiro atoms. The molecule has 2 aromatic heterocycles. The Morgan fingerprint density at radius 2 is 1.84 bits per heavy atom. The lowest BCUT2D eigenvalue weighted by atomic mass is 9.97. The van der Waals surface area contributed by atoms with Crippen molar-refractivity contribution in [3.63, 3.8) is 0 Å². The van der Waals surface area contributed by atoms with Gasteiger partial charge in [0.1, 0.15) is 23.0 Å². The van der Waals surface area contributed by atoms with Gasteiger partial charge in [-0.2, -0.15) is 0 Å². The van der Waals surface area contributed by atoms with Gasteiger partial charge in [-0.3, -0.25) is 9.69 Å². The fourth-order valence-corrected chi connectivity index (χ4v) is 6.23. The van der Waals surface area contributed by atoms with E-state index in [2.05, 4.69) is 14.9 Å². The summed E-state index contributed by atoms with van der Waals surface area (Å²) in [5.74, 6) is 0.105. The van der Waals surface area contributed by atoms with E-state index in [0.717, 1.165) is 23.5 Å². The number of piperazine rings is 1. The summed E-state index contributed by atoms with van der Waals surface area (Å²) in [6.45, 7) is 2.66. The zero-order chi connectivity index (χ0) is 21.5. The van der Waals surface area contributed by atoms with Crippen LogP contribution >= 0.6 is 34.5 Å². The molecule has 31 heavy (non-hydrogen) atoms. The molecule has 2 aliphatic rings. The summed E-state index contributed by atoms with van der Waals surface area (Å²) in [5, 5.41) is 11.9. The first-order chi connectivity index (χ1) is 15.0. The van der Waals surface area contributed by atoms with Gasteiger partial charge >= 0.3 is 5.97 Å². The highest BCUT2D eigenvalue weighted by atomic mass is 35.5. The number of carboxylic acid groups (broad SMARTS) is 1. The molecule has 9 heteroatoms. The lowest BCUT2D eigenvalue weighted by molar-refractivity contribution is -0.143. The number of carboxylic acids is 1. The summed E-state index contributed by atoms with van der Waals surface area (Å²) in [5.41, 5.74) is 2.06. The van der Waals surface area contributed by atoms with Crippen LogP contribution in [0.3, 0.4) is 0 Å². The Kier molecular flexibility index (Phi) is 5.77. The van der Waals surface area contributed by atoms with E-state index in [0.29, 0.717) is 41.8 Å². The van der Waals surface area contributed by atoms with E-state index in [1.54, 1.807) is 35.9 Å². The van der Waals surface area contributed by atoms with Crippen molar-refractivity contribution < 1.29 is 9.90 Å². The normalized spacial score (nSPS) is 18.2. The Labute approximate surface area is 194 Å². The van der Waals surface area contributed by atoms with Crippen LogP contribution < -0.4 is 4.90 Å². The number of thiophene rings is 1. The Morgan fingerprint density at radius 3 is 2.58 bits per heavy atom. The van der Waals surface area contributed by atoms with Crippen LogP contribution in [0.4, 0.5) is 5.82 Å². The summed E-state index contributed by atoms with van der Waals surface area (Å²) in [6, 6.07) is 4.30. The number of hydrogen-bond acceptors (Lipinski definition) is 6. The lowest BCUT2D eigenvalue weighted by Gasteiger charge is -2.38. The molecule has 5 rings (SSSR count). The maximum Gasteiger partial charge on any atom is 0.325 e. The molecule has 1 aromatic carbocycles. The number of hydrogen-bond donors (Lipinski definition) is 1. The van der Waals surface area contributed by atoms with Crippen LogP contribution in [0, 0.1) is 0 Å². The minimum absolute atomic E-state index is 0.370. The molecule has 1 saturated heterocycles. The highest BCUT2D eigenvalue weighted by Crippen LogP contribution is 2.39. The average Bonchev–Trinajstić information content (AvgIpc) is 3.15. The molecule has 1 atom stereocenters. The van der Waals surface area contributed by atoms with Crippen LogP contribution in [0.25, 0.3) is 10.2 Å². The standard InChI is InChI=1S/C22H22Cl2N4O2S/c23-15-6-5-13(11-16(15)24)19(22(29)30)27-7-9-28(10-8-27)20-18-14-3-1-2-4-17(14)31-21(18)26-12-25-20/h5-6,11-12,19H,1-4,7-10H2,(H,29,30). The van der Waals surface area contributed by atoms with Crippen molar-refractivity contribution in [2.75, 3.05) is 31.1 Å². The number of carbonyl (C=O) groups is 1. The van der Waals surface area contributed by atoms with Gasteiger partial charge in [-0.15, -0.1) is 11.3 Å². The van der Waals surface area contributed by atoms with E-state index in [1.807, 2.05) is 4.90 Å². The Morgan fingerprint density at radius 1 is 1.06 bits per heavy atom. The predicted molar refractivity (Wildman–Crippen MR) is 125 cm³/mol. The second-order valence-corrected chi connectivity index (χ2v) is 9.92. The second kappa shape index (κ2) is 8.54. The molecule has 0 bridgehead atoms. The molecule has 1 aliphatic heterocycles. The van der Waals surface area contributed by atoms with E-state index in [1.165, 1.54) is 28.7 Å². The lowest BCUT2D eigenvalue weighted by Crippen LogP contribution is -2.49. The zero-order valence-corrected chi connectivity index (χ0v) is 19.2. The van der Waals surface area contributed by atoms with Gasteiger partial charge in [0.15, 0.2) is 0 Å². The fraction of sp³-hybridized carbons (Fsp3) is 0.409. The first-order valence-electron chi connectivity index (χ1n) is 10.4. The van der Waals surface area contributed by atoms with Crippen LogP contribution in [0.15, 0.2) is 24.5 Å². The summed E-state index contributed by atoms with van der Waals surface area (Å²) in [7, 11) is 0. The number of anilines is 1. The van der Waals surface area contributed by atoms with Crippen molar-refractivity contribution in [2.45, 2.75) is 31.7 Å². The monoisotopic (exact) mass is 476 g/mol. The van der Waals surface area contributed by atoms with E-state index < -0.39 is 12.0 Å². The molecule has 1 fully saturated rings. The summed E-state index contributed by atoms with van der Waals surface area (Å²) >= 11 is 14.0. The third-order valence-corrected chi connectivity index (χ3v) is 8.14. The number of nitrogens with zero attached hydrogens (tertiary/aromatic N) is 4. The van der Waals surface area contributed by atoms with Crippen molar-refractivity contribution in [1.29, 1.82) is 0 Å². The zero-order valence-electron chi connectivity index (χ0n) is 16.9. The number of aromatic nitrogens is 2. The van der Waals surface area contributed by atoms with Gasteiger partial charge in [-0.05, 0) is 48.9 Å². The molecule has 6 nitrogen and oxygen atoms in total. The minimum atomic E-state index is -0.886. The fourth-order valence-electron chi connectivity index (χ4n) is 4.70. The molecule has 1 unspecified atom stereocenters. The molecule has 1 aliphatic carbocycles. The second-order valence-electron chi connectivity index (χ2n) is 8.03. The van der Waals surface area contributed by atoms with Crippen molar-refractivity contribution in [3.05, 3.63) is 50.6 Å². The quantitative estimate of drug-likeness (QED) is 0.581. The molecule has 3 heterocycles. The molecule has 162 valence electrons. The maximum atomic E-state index is 12.1. The van der Waals surface area contributed by atoms with Crippen LogP contribution in [-0.2, 0) is 17.6 Å². The maximum absolute atomic E-state index is 12.1. The molecule has 0 radical (unpaired) electrons. The van der Waals surface area contributed by atoms with Crippen LogP contribution in [0.2, 0.25) is 10.0 Å². The Balaban J connectivity index is 1.39. The van der Waals surface area contributed by atoms with Gasteiger partial charge in [-0.1, -0.05) is 29.3 Å². The Bertz CT molecular complexity index is 1140. The van der Waals surface area contributed by atoms with Crippen molar-refractivity contribution in [3.8, 4) is 0 Å². The van der Waals surface area contributed by atoms with Gasteiger partial charge in [0.05, 0.1) is 15.4 Å². The van der Waals surface area contributed by atoms with Crippen LogP contribution in [0.5, 0.6) is 0 Å². The first-order valence-corrected chi connectivity index (χ1v) is 12.0. The minimum Gasteiger partial charge on any atom is -0.480 e. The molecule has 3 aromatic rings. The van der Waals surface area contributed by atoms with Gasteiger partial charge in [-0.25, -0.2) is 9.97 Å². The third-order valence-electron chi connectivity index (χ3n) is 6.20. The van der Waals surface area contributed by atoms with E-state index in [-0.39, 0.29) is 0 Å². The largest absolute Gasteiger partial charge is 0.480 e. The number of rotatable bonds is 4. The van der Waals surface area contributed by atoms with Gasteiger partial charge in [0.25, 0.3) is 0 Å². The van der Waals surface area contributed by atoms with E-state index >= 15 is 0 Å². The van der Waals surface area contributed by atoms with Crippen molar-refractivity contribution in [1.82, 2.24) is 14.9 Å². The topological polar surface area (TPSA) is 69.6 Å². The molecule has 0 amide bonds. The van der Waals surface area contributed by atoms with Crippen molar-refractivity contribution in [2.24, 2.45) is 0 Å². The molecule has 1 N–H and O–H groups in total. The predicted octanol–water partition coefficient (Wildman–Crippen LogP) is 4.82. The van der Waals surface area contributed by atoms with E-state index in [4.69, 9.17) is 23.2 Å². The molecule has 0 saturated carbocycles. The van der Waals surface area contributed by atoms with E-state index in [9.17, 15) is 9.90 Å². The SMILES string of the molecule is O=C(O)C(c1ccc(Cl)c(Cl)c1)N1CCN(c2ncnc3sc4c(c23)CCCC4)CC1. The van der Waals surface area contributed by atoms with Crippen LogP contribution in [0.1, 0.15) is 34.9 Å². The number of aryl methyl sites for hydroxylation is 2. The number of aliphatic carboxylic acids is 1. The Hall–Kier alpha value is -1.93. The summed E-state index contributed by atoms with van der Waals surface area (Å²) in [4.78, 5) is 28.1. The molecular weight excluding hydrogens is 455 g/mol. The number of benzene rings is 1.